The monoisotopic (exact) mass is 424 g/mol. The molecule has 0 aliphatic carbocycles. The van der Waals surface area contributed by atoms with Crippen molar-refractivity contribution in [1.29, 1.82) is 0 Å². The zero-order chi connectivity index (χ0) is 20.1. The van der Waals surface area contributed by atoms with Crippen molar-refractivity contribution in [2.24, 2.45) is 0 Å². The van der Waals surface area contributed by atoms with Crippen molar-refractivity contribution in [3.8, 4) is 11.5 Å². The minimum atomic E-state index is 0. The molecule has 3 aromatic carbocycles. The van der Waals surface area contributed by atoms with Crippen molar-refractivity contribution in [1.82, 2.24) is 5.32 Å². The number of fused-ring (bicyclic) bond motifs is 1. The third kappa shape index (κ3) is 5.26. The van der Waals surface area contributed by atoms with Crippen LogP contribution in [0.5, 0.6) is 11.5 Å². The van der Waals surface area contributed by atoms with E-state index in [4.69, 9.17) is 9.47 Å². The van der Waals surface area contributed by atoms with Crippen molar-refractivity contribution in [2.45, 2.75) is 18.9 Å². The van der Waals surface area contributed by atoms with Gasteiger partial charge in [0.05, 0.1) is 0 Å². The highest BCUT2D eigenvalue weighted by molar-refractivity contribution is 5.85. The smallest absolute Gasteiger partial charge is 0.231 e. The maximum absolute atomic E-state index is 5.59. The van der Waals surface area contributed by atoms with Gasteiger partial charge in [-0.3, -0.25) is 0 Å². The van der Waals surface area contributed by atoms with Gasteiger partial charge in [-0.1, -0.05) is 48.5 Å². The Morgan fingerprint density at radius 2 is 1.60 bits per heavy atom. The van der Waals surface area contributed by atoms with E-state index in [-0.39, 0.29) is 12.4 Å². The standard InChI is InChI=1S/C25H28N2O2.ClH/c1-27(2)22-11-8-19(9-12-22)17-26-15-14-23(20-6-4-3-5-7-20)21-10-13-24-25(16-21)29-18-28-24;/h3-13,16,23,26H,14-15,17-18H2,1-2H3;1H. The Hall–Kier alpha value is -2.69. The second-order valence-electron chi connectivity index (χ2n) is 7.60. The Kier molecular flexibility index (Phi) is 7.61. The Morgan fingerprint density at radius 1 is 0.867 bits per heavy atom. The summed E-state index contributed by atoms with van der Waals surface area (Å²) >= 11 is 0. The highest BCUT2D eigenvalue weighted by atomic mass is 35.5. The quantitative estimate of drug-likeness (QED) is 0.503. The highest BCUT2D eigenvalue weighted by Gasteiger charge is 2.19. The topological polar surface area (TPSA) is 33.7 Å². The lowest BCUT2D eigenvalue weighted by atomic mass is 9.88. The predicted octanol–water partition coefficient (Wildman–Crippen LogP) is 5.21. The zero-order valence-corrected chi connectivity index (χ0v) is 18.3. The van der Waals surface area contributed by atoms with Crippen LogP contribution in [0.3, 0.4) is 0 Å². The zero-order valence-electron chi connectivity index (χ0n) is 17.5. The Morgan fingerprint density at radius 3 is 2.33 bits per heavy atom. The number of ether oxygens (including phenoxy) is 2. The molecule has 1 atom stereocenters. The molecule has 30 heavy (non-hydrogen) atoms. The van der Waals surface area contributed by atoms with Crippen LogP contribution in [-0.2, 0) is 6.54 Å². The summed E-state index contributed by atoms with van der Waals surface area (Å²) in [6.45, 7) is 2.11. The van der Waals surface area contributed by atoms with Gasteiger partial charge in [-0.2, -0.15) is 0 Å². The number of hydrogen-bond donors (Lipinski definition) is 1. The fraction of sp³-hybridized carbons (Fsp3) is 0.280. The van der Waals surface area contributed by atoms with Crippen LogP contribution in [0.4, 0.5) is 5.69 Å². The molecule has 1 aliphatic rings. The van der Waals surface area contributed by atoms with E-state index in [0.717, 1.165) is 31.0 Å². The van der Waals surface area contributed by atoms with Crippen LogP contribution in [0.2, 0.25) is 0 Å². The van der Waals surface area contributed by atoms with Crippen LogP contribution in [0.1, 0.15) is 29.0 Å². The molecule has 0 fully saturated rings. The molecule has 158 valence electrons. The van der Waals surface area contributed by atoms with E-state index in [1.807, 2.05) is 6.07 Å². The summed E-state index contributed by atoms with van der Waals surface area (Å²) in [5.74, 6) is 1.99. The number of nitrogens with one attached hydrogen (secondary N) is 1. The molecule has 5 heteroatoms. The molecule has 0 saturated heterocycles. The summed E-state index contributed by atoms with van der Waals surface area (Å²) in [4.78, 5) is 2.12. The van der Waals surface area contributed by atoms with Gasteiger partial charge in [0, 0.05) is 32.2 Å². The molecule has 4 nitrogen and oxygen atoms in total. The predicted molar refractivity (Wildman–Crippen MR) is 125 cm³/mol. The van der Waals surface area contributed by atoms with E-state index in [1.165, 1.54) is 22.4 Å². The number of benzene rings is 3. The normalized spacial score (nSPS) is 12.9. The molecule has 1 N–H and O–H groups in total. The van der Waals surface area contributed by atoms with E-state index in [9.17, 15) is 0 Å². The van der Waals surface area contributed by atoms with Crippen molar-refractivity contribution < 1.29 is 9.47 Å². The van der Waals surface area contributed by atoms with E-state index < -0.39 is 0 Å². The molecular formula is C25H29ClN2O2. The summed E-state index contributed by atoms with van der Waals surface area (Å²) in [5, 5.41) is 3.60. The first-order valence-corrected chi connectivity index (χ1v) is 10.1. The maximum Gasteiger partial charge on any atom is 0.231 e. The van der Waals surface area contributed by atoms with E-state index >= 15 is 0 Å². The van der Waals surface area contributed by atoms with Gasteiger partial charge < -0.3 is 19.7 Å². The van der Waals surface area contributed by atoms with Gasteiger partial charge in [0.2, 0.25) is 6.79 Å². The summed E-state index contributed by atoms with van der Waals surface area (Å²) in [5.41, 5.74) is 5.11. The molecule has 0 bridgehead atoms. The largest absolute Gasteiger partial charge is 0.454 e. The summed E-state index contributed by atoms with van der Waals surface area (Å²) in [7, 11) is 4.13. The number of hydrogen-bond acceptors (Lipinski definition) is 4. The third-order valence-electron chi connectivity index (χ3n) is 5.39. The maximum atomic E-state index is 5.59. The highest BCUT2D eigenvalue weighted by Crippen LogP contribution is 2.37. The summed E-state index contributed by atoms with van der Waals surface area (Å²) in [6, 6.07) is 25.7. The second kappa shape index (κ2) is 10.4. The number of rotatable bonds is 8. The number of anilines is 1. The molecular weight excluding hydrogens is 396 g/mol. The van der Waals surface area contributed by atoms with Gasteiger partial charge in [-0.05, 0) is 53.9 Å². The molecule has 0 spiro atoms. The van der Waals surface area contributed by atoms with Gasteiger partial charge in [0.1, 0.15) is 0 Å². The lowest BCUT2D eigenvalue weighted by Crippen LogP contribution is -2.18. The minimum absolute atomic E-state index is 0. The first-order chi connectivity index (χ1) is 14.2. The lowest BCUT2D eigenvalue weighted by molar-refractivity contribution is 0.174. The van der Waals surface area contributed by atoms with Crippen molar-refractivity contribution in [3.63, 3.8) is 0 Å². The van der Waals surface area contributed by atoms with Crippen molar-refractivity contribution in [2.75, 3.05) is 32.3 Å². The Labute approximate surface area is 185 Å². The van der Waals surface area contributed by atoms with Crippen LogP contribution in [0, 0.1) is 0 Å². The lowest BCUT2D eigenvalue weighted by Gasteiger charge is -2.19. The molecule has 1 heterocycles. The molecule has 3 aromatic rings. The van der Waals surface area contributed by atoms with Crippen LogP contribution in [-0.4, -0.2) is 27.4 Å². The van der Waals surface area contributed by atoms with E-state index in [0.29, 0.717) is 12.7 Å². The van der Waals surface area contributed by atoms with Gasteiger partial charge in [-0.15, -0.1) is 12.4 Å². The van der Waals surface area contributed by atoms with Crippen LogP contribution in [0.25, 0.3) is 0 Å². The molecule has 0 amide bonds. The average molecular weight is 425 g/mol. The van der Waals surface area contributed by atoms with E-state index in [2.05, 4.69) is 91.0 Å². The Balaban J connectivity index is 0.00000256. The van der Waals surface area contributed by atoms with Gasteiger partial charge in [-0.25, -0.2) is 0 Å². The summed E-state index contributed by atoms with van der Waals surface area (Å²) < 4.78 is 11.1. The van der Waals surface area contributed by atoms with Crippen molar-refractivity contribution >= 4 is 18.1 Å². The molecule has 0 radical (unpaired) electrons. The molecule has 1 aliphatic heterocycles. The second-order valence-corrected chi connectivity index (χ2v) is 7.60. The summed E-state index contributed by atoms with van der Waals surface area (Å²) in [6.07, 6.45) is 1.01. The van der Waals surface area contributed by atoms with Crippen LogP contribution in [0.15, 0.2) is 72.8 Å². The van der Waals surface area contributed by atoms with Gasteiger partial charge in [0.15, 0.2) is 11.5 Å². The Bertz CT molecular complexity index is 930. The molecule has 1 unspecified atom stereocenters. The average Bonchev–Trinajstić information content (AvgIpc) is 3.22. The number of halogens is 1. The molecule has 0 saturated carbocycles. The van der Waals surface area contributed by atoms with E-state index in [1.54, 1.807) is 0 Å². The minimum Gasteiger partial charge on any atom is -0.454 e. The van der Waals surface area contributed by atoms with Gasteiger partial charge in [0.25, 0.3) is 0 Å². The van der Waals surface area contributed by atoms with Gasteiger partial charge >= 0.3 is 0 Å². The molecule has 0 aromatic heterocycles. The fourth-order valence-corrected chi connectivity index (χ4v) is 3.73. The SMILES string of the molecule is CN(C)c1ccc(CNCCC(c2ccccc2)c2ccc3c(c2)OCO3)cc1.Cl. The first-order valence-electron chi connectivity index (χ1n) is 10.1. The number of nitrogens with zero attached hydrogens (tertiary/aromatic N) is 1. The van der Waals surface area contributed by atoms with Crippen LogP contribution >= 0.6 is 12.4 Å². The van der Waals surface area contributed by atoms with Crippen molar-refractivity contribution in [3.05, 3.63) is 89.5 Å². The fourth-order valence-electron chi connectivity index (χ4n) is 3.73. The van der Waals surface area contributed by atoms with Crippen LogP contribution < -0.4 is 19.7 Å². The third-order valence-corrected chi connectivity index (χ3v) is 5.39. The molecule has 4 rings (SSSR count). The first kappa shape index (κ1) is 22.0.